The summed E-state index contributed by atoms with van der Waals surface area (Å²) in [5.74, 6) is 0.0204. The topological polar surface area (TPSA) is 15.6 Å². The Labute approximate surface area is 132 Å². The van der Waals surface area contributed by atoms with E-state index in [1.807, 2.05) is 13.8 Å². The first-order valence-corrected chi connectivity index (χ1v) is 7.21. The van der Waals surface area contributed by atoms with Crippen LogP contribution in [0.4, 0.5) is 26.3 Å². The predicted octanol–water partition coefficient (Wildman–Crippen LogP) is 5.48. The Bertz CT molecular complexity index is 460. The number of aliphatic imine (C=N–C) groups is 1. The van der Waals surface area contributed by atoms with Gasteiger partial charge in [0.2, 0.25) is 0 Å². The molecular formula is C15H22F6N2. The van der Waals surface area contributed by atoms with Crippen molar-refractivity contribution < 1.29 is 26.3 Å². The molecular weight excluding hydrogens is 322 g/mol. The van der Waals surface area contributed by atoms with Crippen molar-refractivity contribution in [3.8, 4) is 0 Å². The molecule has 134 valence electrons. The third kappa shape index (κ3) is 7.09. The highest BCUT2D eigenvalue weighted by atomic mass is 19.4. The van der Waals surface area contributed by atoms with Crippen LogP contribution in [0.3, 0.4) is 0 Å². The molecule has 2 nitrogen and oxygen atoms in total. The third-order valence-corrected chi connectivity index (χ3v) is 3.24. The molecule has 0 radical (unpaired) electrons. The van der Waals surface area contributed by atoms with Gasteiger partial charge in [0.05, 0.1) is 5.57 Å². The van der Waals surface area contributed by atoms with Gasteiger partial charge >= 0.3 is 12.4 Å². The molecule has 0 bridgehead atoms. The van der Waals surface area contributed by atoms with Gasteiger partial charge in [0.15, 0.2) is 0 Å². The zero-order valence-corrected chi connectivity index (χ0v) is 13.6. The van der Waals surface area contributed by atoms with Crippen LogP contribution in [0.25, 0.3) is 0 Å². The van der Waals surface area contributed by atoms with E-state index in [0.717, 1.165) is 12.8 Å². The lowest BCUT2D eigenvalue weighted by atomic mass is 10.1. The van der Waals surface area contributed by atoms with Gasteiger partial charge in [-0.3, -0.25) is 0 Å². The van der Waals surface area contributed by atoms with E-state index in [1.54, 1.807) is 11.8 Å². The van der Waals surface area contributed by atoms with Gasteiger partial charge in [0.1, 0.15) is 11.5 Å². The van der Waals surface area contributed by atoms with E-state index in [4.69, 9.17) is 0 Å². The Morgan fingerprint density at radius 1 is 1.13 bits per heavy atom. The van der Waals surface area contributed by atoms with Crippen LogP contribution in [0.1, 0.15) is 40.5 Å². The maximum absolute atomic E-state index is 12.9. The van der Waals surface area contributed by atoms with E-state index in [2.05, 4.69) is 11.6 Å². The lowest BCUT2D eigenvalue weighted by Gasteiger charge is -2.30. The molecule has 1 unspecified atom stereocenters. The van der Waals surface area contributed by atoms with Gasteiger partial charge in [0, 0.05) is 12.6 Å². The van der Waals surface area contributed by atoms with Gasteiger partial charge in [0.25, 0.3) is 0 Å². The molecule has 0 rings (SSSR count). The fraction of sp³-hybridized carbons (Fsp3) is 0.667. The maximum Gasteiger partial charge on any atom is 0.433 e. The summed E-state index contributed by atoms with van der Waals surface area (Å²) in [6.07, 6.45) is -8.43. The SMILES string of the molecule is C=C(/C=C(\N=C(/C)N(CC)C(C)CCC)C(F)(F)F)C(F)(F)F. The minimum atomic E-state index is -5.00. The molecule has 0 aliphatic rings. The molecule has 1 atom stereocenters. The second kappa shape index (κ2) is 8.40. The van der Waals surface area contributed by atoms with E-state index in [9.17, 15) is 26.3 Å². The number of hydrogen-bond acceptors (Lipinski definition) is 1. The number of rotatable bonds is 6. The second-order valence-corrected chi connectivity index (χ2v) is 5.13. The molecule has 0 amide bonds. The molecule has 8 heteroatoms. The van der Waals surface area contributed by atoms with Crippen LogP contribution in [0.15, 0.2) is 28.9 Å². The Morgan fingerprint density at radius 3 is 2.00 bits per heavy atom. The van der Waals surface area contributed by atoms with Gasteiger partial charge in [-0.05, 0) is 33.3 Å². The normalized spacial score (nSPS) is 15.6. The summed E-state index contributed by atoms with van der Waals surface area (Å²) in [5, 5.41) is 0. The summed E-state index contributed by atoms with van der Waals surface area (Å²) in [7, 11) is 0. The Hall–Kier alpha value is -1.47. The van der Waals surface area contributed by atoms with Crippen LogP contribution < -0.4 is 0 Å². The Morgan fingerprint density at radius 2 is 1.65 bits per heavy atom. The Balaban J connectivity index is 5.69. The third-order valence-electron chi connectivity index (χ3n) is 3.24. The summed E-state index contributed by atoms with van der Waals surface area (Å²) in [6, 6.07) is -0.0611. The number of halogens is 6. The Kier molecular flexibility index (Phi) is 7.86. The lowest BCUT2D eigenvalue weighted by Crippen LogP contribution is -2.37. The summed E-state index contributed by atoms with van der Waals surface area (Å²) in [4.78, 5) is 5.02. The van der Waals surface area contributed by atoms with Crippen molar-refractivity contribution in [2.24, 2.45) is 4.99 Å². The van der Waals surface area contributed by atoms with Crippen LogP contribution >= 0.6 is 0 Å². The molecule has 0 N–H and O–H groups in total. The van der Waals surface area contributed by atoms with Crippen LogP contribution in [-0.4, -0.2) is 35.7 Å². The number of alkyl halides is 6. The average Bonchev–Trinajstić information content (AvgIpc) is 2.36. The predicted molar refractivity (Wildman–Crippen MR) is 79.2 cm³/mol. The van der Waals surface area contributed by atoms with Crippen molar-refractivity contribution in [1.29, 1.82) is 0 Å². The number of allylic oxidation sites excluding steroid dienone is 3. The van der Waals surface area contributed by atoms with Gasteiger partial charge in [-0.25, -0.2) is 4.99 Å². The molecule has 0 aliphatic carbocycles. The number of hydrogen-bond donors (Lipinski definition) is 0. The molecule has 0 spiro atoms. The van der Waals surface area contributed by atoms with E-state index >= 15 is 0 Å². The van der Waals surface area contributed by atoms with Crippen LogP contribution in [0, 0.1) is 0 Å². The first-order valence-electron chi connectivity index (χ1n) is 7.21. The summed E-state index contributed by atoms with van der Waals surface area (Å²) >= 11 is 0. The van der Waals surface area contributed by atoms with Crippen LogP contribution in [-0.2, 0) is 0 Å². The molecule has 0 heterocycles. The highest BCUT2D eigenvalue weighted by Crippen LogP contribution is 2.32. The highest BCUT2D eigenvalue weighted by Gasteiger charge is 2.38. The maximum atomic E-state index is 12.9. The molecule has 0 aromatic heterocycles. The molecule has 0 saturated heterocycles. The van der Waals surface area contributed by atoms with Crippen molar-refractivity contribution in [3.63, 3.8) is 0 Å². The van der Waals surface area contributed by atoms with E-state index in [1.165, 1.54) is 6.92 Å². The van der Waals surface area contributed by atoms with Crippen molar-refractivity contribution >= 4 is 5.84 Å². The van der Waals surface area contributed by atoms with Crippen molar-refractivity contribution in [2.75, 3.05) is 6.54 Å². The largest absolute Gasteiger partial charge is 0.433 e. The zero-order valence-electron chi connectivity index (χ0n) is 13.6. The average molecular weight is 344 g/mol. The smallest absolute Gasteiger partial charge is 0.358 e. The fourth-order valence-electron chi connectivity index (χ4n) is 2.10. The van der Waals surface area contributed by atoms with Gasteiger partial charge in [-0.2, -0.15) is 26.3 Å². The van der Waals surface area contributed by atoms with E-state index < -0.39 is 23.6 Å². The summed E-state index contributed by atoms with van der Waals surface area (Å²) in [6.45, 7) is 9.90. The quantitative estimate of drug-likeness (QED) is 0.270. The van der Waals surface area contributed by atoms with Crippen molar-refractivity contribution in [3.05, 3.63) is 23.9 Å². The molecule has 0 aromatic rings. The molecule has 0 saturated carbocycles. The molecule has 0 aromatic carbocycles. The summed E-state index contributed by atoms with van der Waals surface area (Å²) in [5.41, 5.74) is -3.20. The highest BCUT2D eigenvalue weighted by molar-refractivity contribution is 5.81. The molecule has 0 aliphatic heterocycles. The van der Waals surface area contributed by atoms with Crippen LogP contribution in [0.2, 0.25) is 0 Å². The fourth-order valence-corrected chi connectivity index (χ4v) is 2.10. The minimum Gasteiger partial charge on any atom is -0.358 e. The van der Waals surface area contributed by atoms with E-state index in [0.29, 0.717) is 6.54 Å². The second-order valence-electron chi connectivity index (χ2n) is 5.13. The van der Waals surface area contributed by atoms with Gasteiger partial charge in [-0.15, -0.1) is 0 Å². The number of nitrogens with zero attached hydrogens (tertiary/aromatic N) is 2. The molecule has 0 fully saturated rings. The van der Waals surface area contributed by atoms with Gasteiger partial charge < -0.3 is 4.90 Å². The van der Waals surface area contributed by atoms with Crippen molar-refractivity contribution in [2.45, 2.75) is 58.9 Å². The first kappa shape index (κ1) is 21.5. The molecule has 23 heavy (non-hydrogen) atoms. The zero-order chi connectivity index (χ0) is 18.4. The minimum absolute atomic E-state index is 0.0204. The monoisotopic (exact) mass is 344 g/mol. The van der Waals surface area contributed by atoms with Gasteiger partial charge in [-0.1, -0.05) is 19.9 Å². The summed E-state index contributed by atoms with van der Waals surface area (Å²) < 4.78 is 76.1. The van der Waals surface area contributed by atoms with E-state index in [-0.39, 0.29) is 18.0 Å². The number of amidine groups is 1. The standard InChI is InChI=1S/C15H22F6N2/c1-6-8-11(4)23(7-2)12(5)22-13(15(19,20)21)9-10(3)14(16,17)18/h9,11H,3,6-8H2,1-2,4-5H3/b13-9-,22-12+. The first-order chi connectivity index (χ1) is 10.3. The van der Waals surface area contributed by atoms with Crippen LogP contribution in [0.5, 0.6) is 0 Å². The lowest BCUT2D eigenvalue weighted by molar-refractivity contribution is -0.0960. The van der Waals surface area contributed by atoms with Crippen molar-refractivity contribution in [1.82, 2.24) is 4.90 Å².